The van der Waals surface area contributed by atoms with Gasteiger partial charge in [-0.05, 0) is 23.4 Å². The Morgan fingerprint density at radius 2 is 1.83 bits per heavy atom. The van der Waals surface area contributed by atoms with Gasteiger partial charge in [0.05, 0.1) is 6.04 Å². The number of hydrogen-bond donors (Lipinski definition) is 3. The fraction of sp³-hybridized carbons (Fsp3) is 0.562. The van der Waals surface area contributed by atoms with Crippen LogP contribution < -0.4 is 5.32 Å². The van der Waals surface area contributed by atoms with Crippen LogP contribution in [-0.4, -0.2) is 21.4 Å². The van der Waals surface area contributed by atoms with Crippen LogP contribution in [0.3, 0.4) is 0 Å². The summed E-state index contributed by atoms with van der Waals surface area (Å²) in [6.45, 7) is -2.00. The molecule has 0 aliphatic heterocycles. The third-order valence-electron chi connectivity index (χ3n) is 3.45. The minimum Gasteiger partial charge on any atom is -0.348 e. The van der Waals surface area contributed by atoms with Gasteiger partial charge in [0.2, 0.25) is 5.91 Å². The maximum Gasteiger partial charge on any atom is 0.384 e. The molecule has 0 saturated heterocycles. The number of carbonyl (C=O) groups is 1. The minimum absolute atomic E-state index is 0.0679. The van der Waals surface area contributed by atoms with Crippen molar-refractivity contribution in [3.63, 3.8) is 0 Å². The molecule has 0 spiro atoms. The molecule has 0 heterocycles. The Balaban J connectivity index is 2.52. The number of amides is 1. The van der Waals surface area contributed by atoms with Crippen LogP contribution in [0.15, 0.2) is 30.3 Å². The van der Waals surface area contributed by atoms with Crippen molar-refractivity contribution in [2.75, 3.05) is 5.75 Å². The Hall–Kier alpha value is -0.810. The SMILES string of the molecule is CCCCCCCC(=O)N[C@@H](CSP(=O)(O)O)c1ccccc1. The van der Waals surface area contributed by atoms with E-state index >= 15 is 0 Å². The van der Waals surface area contributed by atoms with Crippen molar-refractivity contribution in [3.8, 4) is 0 Å². The van der Waals surface area contributed by atoms with Gasteiger partial charge in [-0.3, -0.25) is 4.79 Å². The molecule has 23 heavy (non-hydrogen) atoms. The highest BCUT2D eigenvalue weighted by Gasteiger charge is 2.21. The summed E-state index contributed by atoms with van der Waals surface area (Å²) < 4.78 is 11.1. The summed E-state index contributed by atoms with van der Waals surface area (Å²) in [5.41, 5.74) is 0.854. The lowest BCUT2D eigenvalue weighted by Gasteiger charge is -2.19. The smallest absolute Gasteiger partial charge is 0.348 e. The molecule has 1 rings (SSSR count). The second-order valence-electron chi connectivity index (χ2n) is 5.48. The van der Waals surface area contributed by atoms with E-state index in [4.69, 9.17) is 9.79 Å². The van der Waals surface area contributed by atoms with Crippen LogP contribution in [0.1, 0.15) is 57.1 Å². The van der Waals surface area contributed by atoms with Gasteiger partial charge in [0.15, 0.2) is 0 Å². The Bertz CT molecular complexity index is 506. The van der Waals surface area contributed by atoms with E-state index in [1.54, 1.807) is 0 Å². The van der Waals surface area contributed by atoms with Crippen molar-refractivity contribution in [2.45, 2.75) is 51.5 Å². The third kappa shape index (κ3) is 9.82. The first-order chi connectivity index (χ1) is 10.9. The molecule has 0 saturated carbocycles. The zero-order valence-corrected chi connectivity index (χ0v) is 15.2. The molecule has 0 aromatic heterocycles. The summed E-state index contributed by atoms with van der Waals surface area (Å²) in [6, 6.07) is 8.88. The van der Waals surface area contributed by atoms with E-state index in [9.17, 15) is 9.36 Å². The maximum atomic E-state index is 12.1. The standard InChI is InChI=1S/C16H26NO4PS/c1-2-3-4-5-9-12-16(18)17-15(13-23-22(19,20)21)14-10-7-6-8-11-14/h6-8,10-11,15H,2-5,9,12-13H2,1H3,(H,17,18)(H2,19,20,21)/t15-/m0/s1. The van der Waals surface area contributed by atoms with Crippen LogP contribution in [-0.2, 0) is 9.36 Å². The average molecular weight is 359 g/mol. The Morgan fingerprint density at radius 1 is 1.17 bits per heavy atom. The molecule has 0 radical (unpaired) electrons. The summed E-state index contributed by atoms with van der Waals surface area (Å²) in [5, 5.41) is 2.89. The fourth-order valence-electron chi connectivity index (χ4n) is 2.23. The van der Waals surface area contributed by atoms with Gasteiger partial charge in [-0.1, -0.05) is 62.9 Å². The summed E-state index contributed by atoms with van der Waals surface area (Å²) >= 11 is 0.565. The molecular weight excluding hydrogens is 333 g/mol. The van der Waals surface area contributed by atoms with Crippen LogP contribution >= 0.6 is 18.2 Å². The highest BCUT2D eigenvalue weighted by molar-refractivity contribution is 8.54. The molecule has 7 heteroatoms. The molecule has 1 amide bonds. The summed E-state index contributed by atoms with van der Waals surface area (Å²) in [7, 11) is 0. The molecule has 130 valence electrons. The zero-order chi connectivity index (χ0) is 17.1. The third-order valence-corrected chi connectivity index (χ3v) is 5.73. The van der Waals surface area contributed by atoms with E-state index in [-0.39, 0.29) is 11.7 Å². The number of hydrogen-bond acceptors (Lipinski definition) is 3. The minimum atomic E-state index is -4.15. The molecule has 0 fully saturated rings. The summed E-state index contributed by atoms with van der Waals surface area (Å²) in [6.07, 6.45) is 5.83. The lowest BCUT2D eigenvalue weighted by molar-refractivity contribution is -0.121. The van der Waals surface area contributed by atoms with E-state index in [0.717, 1.165) is 24.8 Å². The average Bonchev–Trinajstić information content (AvgIpc) is 2.51. The van der Waals surface area contributed by atoms with Gasteiger partial charge in [0.25, 0.3) is 0 Å². The van der Waals surface area contributed by atoms with Crippen molar-refractivity contribution in [1.29, 1.82) is 0 Å². The molecule has 0 bridgehead atoms. The Labute approximate surface area is 142 Å². The van der Waals surface area contributed by atoms with E-state index in [1.807, 2.05) is 30.3 Å². The number of nitrogens with one attached hydrogen (secondary N) is 1. The summed E-state index contributed by atoms with van der Waals surface area (Å²) in [4.78, 5) is 30.1. The molecule has 5 nitrogen and oxygen atoms in total. The van der Waals surface area contributed by atoms with E-state index in [0.29, 0.717) is 17.8 Å². The van der Waals surface area contributed by atoms with Crippen molar-refractivity contribution in [2.24, 2.45) is 0 Å². The second kappa shape index (κ2) is 10.9. The lowest BCUT2D eigenvalue weighted by atomic mass is 10.1. The van der Waals surface area contributed by atoms with Gasteiger partial charge in [0, 0.05) is 12.2 Å². The predicted octanol–water partition coefficient (Wildman–Crippen LogP) is 4.03. The molecule has 1 aromatic rings. The van der Waals surface area contributed by atoms with Crippen LogP contribution in [0.4, 0.5) is 0 Å². The highest BCUT2D eigenvalue weighted by atomic mass is 32.7. The topological polar surface area (TPSA) is 86.6 Å². The quantitative estimate of drug-likeness (QED) is 0.410. The van der Waals surface area contributed by atoms with Crippen LogP contribution in [0.2, 0.25) is 0 Å². The van der Waals surface area contributed by atoms with E-state index < -0.39 is 12.8 Å². The normalized spacial score (nSPS) is 12.8. The molecule has 1 aromatic carbocycles. The van der Waals surface area contributed by atoms with Crippen molar-refractivity contribution >= 4 is 24.1 Å². The number of rotatable bonds is 11. The van der Waals surface area contributed by atoms with Crippen molar-refractivity contribution < 1.29 is 19.1 Å². The van der Waals surface area contributed by atoms with Crippen molar-refractivity contribution in [3.05, 3.63) is 35.9 Å². The molecule has 1 atom stereocenters. The maximum absolute atomic E-state index is 12.1. The van der Waals surface area contributed by atoms with E-state index in [2.05, 4.69) is 12.2 Å². The Kier molecular flexibility index (Phi) is 9.56. The molecule has 0 aliphatic rings. The fourth-order valence-corrected chi connectivity index (χ4v) is 3.88. The van der Waals surface area contributed by atoms with Crippen LogP contribution in [0.5, 0.6) is 0 Å². The monoisotopic (exact) mass is 359 g/mol. The zero-order valence-electron chi connectivity index (χ0n) is 13.5. The Morgan fingerprint density at radius 3 is 2.43 bits per heavy atom. The predicted molar refractivity (Wildman–Crippen MR) is 95.2 cm³/mol. The van der Waals surface area contributed by atoms with Crippen LogP contribution in [0.25, 0.3) is 0 Å². The largest absolute Gasteiger partial charge is 0.384 e. The first-order valence-corrected chi connectivity index (χ1v) is 11.2. The van der Waals surface area contributed by atoms with Gasteiger partial charge in [0.1, 0.15) is 0 Å². The molecular formula is C16H26NO4PS. The van der Waals surface area contributed by atoms with Gasteiger partial charge in [-0.25, -0.2) is 4.57 Å². The van der Waals surface area contributed by atoms with Crippen molar-refractivity contribution in [1.82, 2.24) is 5.32 Å². The van der Waals surface area contributed by atoms with Gasteiger partial charge in [-0.15, -0.1) is 0 Å². The van der Waals surface area contributed by atoms with Gasteiger partial charge < -0.3 is 15.1 Å². The molecule has 0 aliphatic carbocycles. The molecule has 0 unspecified atom stereocenters. The molecule has 3 N–H and O–H groups in total. The van der Waals surface area contributed by atoms with Gasteiger partial charge >= 0.3 is 6.80 Å². The first-order valence-electron chi connectivity index (χ1n) is 7.96. The van der Waals surface area contributed by atoms with E-state index in [1.165, 1.54) is 12.8 Å². The number of unbranched alkanes of at least 4 members (excludes halogenated alkanes) is 4. The first kappa shape index (κ1) is 20.2. The van der Waals surface area contributed by atoms with Gasteiger partial charge in [-0.2, -0.15) is 0 Å². The lowest BCUT2D eigenvalue weighted by Crippen LogP contribution is -2.29. The highest BCUT2D eigenvalue weighted by Crippen LogP contribution is 2.51. The van der Waals surface area contributed by atoms with Crippen LogP contribution in [0, 0.1) is 0 Å². The second-order valence-corrected chi connectivity index (χ2v) is 9.26. The number of carbonyl (C=O) groups excluding carboxylic acids is 1. The number of benzene rings is 1. The summed E-state index contributed by atoms with van der Waals surface area (Å²) in [5.74, 6) is 0.0808.